The van der Waals surface area contributed by atoms with Crippen LogP contribution in [0.5, 0.6) is 5.75 Å². The molecule has 2 aromatic rings. The second kappa shape index (κ2) is 9.68. The Morgan fingerprint density at radius 1 is 1.11 bits per heavy atom. The van der Waals surface area contributed by atoms with Crippen LogP contribution in [-0.2, 0) is 4.79 Å². The molecular formula is C18H17BrClN3O3S. The quantitative estimate of drug-likeness (QED) is 0.471. The van der Waals surface area contributed by atoms with Crippen molar-refractivity contribution in [3.63, 3.8) is 0 Å². The molecule has 0 aliphatic carbocycles. The van der Waals surface area contributed by atoms with Crippen molar-refractivity contribution < 1.29 is 14.3 Å². The number of halogens is 2. The van der Waals surface area contributed by atoms with E-state index in [-0.39, 0.29) is 17.6 Å². The van der Waals surface area contributed by atoms with Crippen molar-refractivity contribution in [2.75, 3.05) is 6.61 Å². The van der Waals surface area contributed by atoms with Crippen LogP contribution >= 0.6 is 39.7 Å². The van der Waals surface area contributed by atoms with E-state index in [2.05, 4.69) is 32.1 Å². The summed E-state index contributed by atoms with van der Waals surface area (Å²) in [5.74, 6) is -0.304. The van der Waals surface area contributed by atoms with Crippen LogP contribution in [-0.4, -0.2) is 23.5 Å². The van der Waals surface area contributed by atoms with Crippen LogP contribution in [0, 0.1) is 13.8 Å². The molecule has 0 aromatic heterocycles. The van der Waals surface area contributed by atoms with Gasteiger partial charge in [0, 0.05) is 15.1 Å². The summed E-state index contributed by atoms with van der Waals surface area (Å²) in [6.45, 7) is 3.51. The molecule has 0 heterocycles. The highest BCUT2D eigenvalue weighted by molar-refractivity contribution is 9.10. The maximum Gasteiger partial charge on any atom is 0.269 e. The van der Waals surface area contributed by atoms with Crippen LogP contribution in [0.15, 0.2) is 40.9 Å². The number of thiocarbonyl (C=S) groups is 1. The first-order valence-electron chi connectivity index (χ1n) is 7.81. The number of ether oxygens (including phenoxy) is 1. The summed E-state index contributed by atoms with van der Waals surface area (Å²) in [4.78, 5) is 24.0. The zero-order chi connectivity index (χ0) is 20.0. The van der Waals surface area contributed by atoms with Crippen molar-refractivity contribution in [3.8, 4) is 5.75 Å². The molecular weight excluding hydrogens is 454 g/mol. The fourth-order valence-electron chi connectivity index (χ4n) is 2.03. The highest BCUT2D eigenvalue weighted by Gasteiger charge is 2.10. The fraction of sp³-hybridized carbons (Fsp3) is 0.167. The van der Waals surface area contributed by atoms with Crippen LogP contribution < -0.4 is 20.9 Å². The molecule has 0 aliphatic heterocycles. The Kier molecular flexibility index (Phi) is 7.58. The zero-order valence-corrected chi connectivity index (χ0v) is 17.7. The Labute approximate surface area is 175 Å². The van der Waals surface area contributed by atoms with E-state index in [1.165, 1.54) is 0 Å². The van der Waals surface area contributed by atoms with Crippen LogP contribution in [0.25, 0.3) is 0 Å². The van der Waals surface area contributed by atoms with Crippen LogP contribution in [0.2, 0.25) is 5.02 Å². The molecule has 0 radical (unpaired) electrons. The second-order valence-corrected chi connectivity index (χ2v) is 7.32. The first kappa shape index (κ1) is 21.1. The number of amides is 2. The molecule has 0 saturated carbocycles. The summed E-state index contributed by atoms with van der Waals surface area (Å²) in [5.41, 5.74) is 7.16. The second-order valence-electron chi connectivity index (χ2n) is 5.62. The summed E-state index contributed by atoms with van der Waals surface area (Å²) in [6, 6.07) is 10.3. The van der Waals surface area contributed by atoms with Gasteiger partial charge in [-0.25, -0.2) is 0 Å². The number of carbonyl (C=O) groups is 2. The first-order chi connectivity index (χ1) is 12.8. The van der Waals surface area contributed by atoms with Gasteiger partial charge in [0.05, 0.1) is 0 Å². The van der Waals surface area contributed by atoms with Gasteiger partial charge in [0.2, 0.25) is 0 Å². The van der Waals surface area contributed by atoms with Crippen molar-refractivity contribution in [1.29, 1.82) is 0 Å². The SMILES string of the molecule is Cc1ccc(C(=O)NNC(=S)NC(=O)COc2ccc(Cl)cc2C)cc1Br. The van der Waals surface area contributed by atoms with E-state index in [1.807, 2.05) is 19.9 Å². The molecule has 0 atom stereocenters. The molecule has 2 rings (SSSR count). The summed E-state index contributed by atoms with van der Waals surface area (Å²) < 4.78 is 6.24. The minimum Gasteiger partial charge on any atom is -0.483 e. The summed E-state index contributed by atoms with van der Waals surface area (Å²) in [6.07, 6.45) is 0. The third-order valence-corrected chi connectivity index (χ3v) is 4.77. The van der Waals surface area contributed by atoms with E-state index < -0.39 is 5.91 Å². The summed E-state index contributed by atoms with van der Waals surface area (Å²) in [7, 11) is 0. The predicted octanol–water partition coefficient (Wildman–Crippen LogP) is 3.43. The fourth-order valence-corrected chi connectivity index (χ4v) is 2.80. The molecule has 6 nitrogen and oxygen atoms in total. The van der Waals surface area contributed by atoms with E-state index in [0.29, 0.717) is 16.3 Å². The van der Waals surface area contributed by atoms with E-state index in [0.717, 1.165) is 15.6 Å². The van der Waals surface area contributed by atoms with E-state index in [9.17, 15) is 9.59 Å². The number of rotatable bonds is 4. The molecule has 0 saturated heterocycles. The number of nitrogens with one attached hydrogen (secondary N) is 3. The molecule has 0 aliphatic rings. The average molecular weight is 471 g/mol. The normalized spacial score (nSPS) is 10.1. The highest BCUT2D eigenvalue weighted by Crippen LogP contribution is 2.21. The molecule has 9 heteroatoms. The van der Waals surface area contributed by atoms with E-state index in [4.69, 9.17) is 28.6 Å². The lowest BCUT2D eigenvalue weighted by molar-refractivity contribution is -0.121. The van der Waals surface area contributed by atoms with Crippen LogP contribution in [0.4, 0.5) is 0 Å². The highest BCUT2D eigenvalue weighted by atomic mass is 79.9. The lowest BCUT2D eigenvalue weighted by Gasteiger charge is -2.12. The minimum absolute atomic E-state index is 0.0454. The molecule has 0 spiro atoms. The number of carbonyl (C=O) groups excluding carboxylic acids is 2. The van der Waals surface area contributed by atoms with Gasteiger partial charge in [0.1, 0.15) is 5.75 Å². The molecule has 2 amide bonds. The molecule has 142 valence electrons. The molecule has 27 heavy (non-hydrogen) atoms. The number of hydrogen-bond donors (Lipinski definition) is 3. The van der Waals surface area contributed by atoms with Crippen molar-refractivity contribution in [2.24, 2.45) is 0 Å². The third-order valence-electron chi connectivity index (χ3n) is 3.47. The van der Waals surface area contributed by atoms with Crippen molar-refractivity contribution in [3.05, 3.63) is 62.6 Å². The molecule has 0 fully saturated rings. The van der Waals surface area contributed by atoms with Crippen LogP contribution in [0.1, 0.15) is 21.5 Å². The van der Waals surface area contributed by atoms with Gasteiger partial charge in [-0.2, -0.15) is 0 Å². The van der Waals surface area contributed by atoms with E-state index in [1.54, 1.807) is 30.3 Å². The average Bonchev–Trinajstić information content (AvgIpc) is 2.61. The van der Waals surface area contributed by atoms with Gasteiger partial charge in [-0.1, -0.05) is 33.6 Å². The maximum absolute atomic E-state index is 12.1. The first-order valence-corrected chi connectivity index (χ1v) is 9.39. The third kappa shape index (κ3) is 6.50. The lowest BCUT2D eigenvalue weighted by Crippen LogP contribution is -2.49. The number of hydrazine groups is 1. The smallest absolute Gasteiger partial charge is 0.269 e. The molecule has 0 unspecified atom stereocenters. The van der Waals surface area contributed by atoms with Crippen molar-refractivity contribution in [1.82, 2.24) is 16.2 Å². The summed E-state index contributed by atoms with van der Waals surface area (Å²) >= 11 is 14.2. The Balaban J connectivity index is 1.78. The Hall–Kier alpha value is -2.16. The Morgan fingerprint density at radius 3 is 2.52 bits per heavy atom. The largest absolute Gasteiger partial charge is 0.483 e. The molecule has 0 bridgehead atoms. The Bertz CT molecular complexity index is 892. The number of aryl methyl sites for hydroxylation is 2. The summed E-state index contributed by atoms with van der Waals surface area (Å²) in [5, 5.41) is 2.96. The monoisotopic (exact) mass is 469 g/mol. The van der Waals surface area contributed by atoms with Crippen molar-refractivity contribution >= 4 is 56.7 Å². The van der Waals surface area contributed by atoms with Crippen LogP contribution in [0.3, 0.4) is 0 Å². The van der Waals surface area contributed by atoms with Crippen molar-refractivity contribution in [2.45, 2.75) is 13.8 Å². The van der Waals surface area contributed by atoms with Gasteiger partial charge < -0.3 is 4.74 Å². The topological polar surface area (TPSA) is 79.5 Å². The van der Waals surface area contributed by atoms with Gasteiger partial charge >= 0.3 is 0 Å². The maximum atomic E-state index is 12.1. The Morgan fingerprint density at radius 2 is 1.85 bits per heavy atom. The molecule has 2 aromatic carbocycles. The van der Waals surface area contributed by atoms with Gasteiger partial charge in [-0.05, 0) is 67.5 Å². The van der Waals surface area contributed by atoms with Gasteiger partial charge in [0.25, 0.3) is 11.8 Å². The minimum atomic E-state index is -0.464. The number of benzene rings is 2. The van der Waals surface area contributed by atoms with Gasteiger partial charge in [-0.3, -0.25) is 25.8 Å². The lowest BCUT2D eigenvalue weighted by atomic mass is 10.1. The van der Waals surface area contributed by atoms with E-state index >= 15 is 0 Å². The zero-order valence-electron chi connectivity index (χ0n) is 14.6. The standard InChI is InChI=1S/C18H17BrClN3O3S/c1-10-3-4-12(8-14(10)19)17(25)22-23-18(27)21-16(24)9-26-15-6-5-13(20)7-11(15)2/h3-8H,9H2,1-2H3,(H,22,25)(H2,21,23,24,27). The number of hydrogen-bond acceptors (Lipinski definition) is 4. The predicted molar refractivity (Wildman–Crippen MR) is 112 cm³/mol. The van der Waals surface area contributed by atoms with Gasteiger partial charge in [0.15, 0.2) is 11.7 Å². The molecule has 3 N–H and O–H groups in total. The van der Waals surface area contributed by atoms with Gasteiger partial charge in [-0.15, -0.1) is 0 Å².